The van der Waals surface area contributed by atoms with Crippen molar-refractivity contribution >= 4 is 29.2 Å². The van der Waals surface area contributed by atoms with Gasteiger partial charge in [0, 0.05) is 6.54 Å². The van der Waals surface area contributed by atoms with E-state index in [0.29, 0.717) is 12.1 Å². The van der Waals surface area contributed by atoms with E-state index in [0.717, 1.165) is 11.0 Å². The van der Waals surface area contributed by atoms with Crippen LogP contribution in [0.25, 0.3) is 0 Å². The lowest BCUT2D eigenvalue weighted by atomic mass is 10.2. The summed E-state index contributed by atoms with van der Waals surface area (Å²) >= 11 is 5.67. The Kier molecular flexibility index (Phi) is 6.79. The normalized spacial score (nSPS) is 10.2. The fourth-order valence-corrected chi connectivity index (χ4v) is 2.40. The molecule has 27 heavy (non-hydrogen) atoms. The third-order valence-electron chi connectivity index (χ3n) is 3.45. The molecule has 0 aliphatic carbocycles. The maximum absolute atomic E-state index is 13.9. The Morgan fingerprint density at radius 1 is 1.11 bits per heavy atom. The van der Waals surface area contributed by atoms with Crippen molar-refractivity contribution in [3.05, 3.63) is 64.4 Å². The molecule has 0 unspecified atom stereocenters. The summed E-state index contributed by atoms with van der Waals surface area (Å²) in [6, 6.07) is 8.38. The van der Waals surface area contributed by atoms with Crippen LogP contribution in [0, 0.1) is 28.8 Å². The average molecular weight is 397 g/mol. The standard InChI is InChI=1S/C18H12ClF3N2O3/c19-12-9-15(22)14(21)8-11(12)18(26)27-10-17(25)24(7-3-6-23)16-5-2-1-4-13(16)20/h1-2,4-5,8-9H,3,7,10H2. The maximum Gasteiger partial charge on any atom is 0.340 e. The van der Waals surface area contributed by atoms with Crippen LogP contribution in [0.2, 0.25) is 5.02 Å². The van der Waals surface area contributed by atoms with Gasteiger partial charge in [-0.25, -0.2) is 18.0 Å². The number of esters is 1. The number of rotatable bonds is 6. The highest BCUT2D eigenvalue weighted by Crippen LogP contribution is 2.22. The zero-order valence-corrected chi connectivity index (χ0v) is 14.5. The number of anilines is 1. The number of benzene rings is 2. The molecule has 0 radical (unpaired) electrons. The van der Waals surface area contributed by atoms with Crippen molar-refractivity contribution in [1.29, 1.82) is 5.26 Å². The average Bonchev–Trinajstić information content (AvgIpc) is 2.64. The second-order valence-corrected chi connectivity index (χ2v) is 5.63. The third kappa shape index (κ3) is 4.99. The molecule has 0 N–H and O–H groups in total. The fraction of sp³-hybridized carbons (Fsp3) is 0.167. The Morgan fingerprint density at radius 2 is 1.78 bits per heavy atom. The minimum Gasteiger partial charge on any atom is -0.452 e. The number of ether oxygens (including phenoxy) is 1. The first kappa shape index (κ1) is 20.3. The lowest BCUT2D eigenvalue weighted by Gasteiger charge is -2.22. The van der Waals surface area contributed by atoms with Crippen LogP contribution in [0.5, 0.6) is 0 Å². The third-order valence-corrected chi connectivity index (χ3v) is 3.76. The Morgan fingerprint density at radius 3 is 2.44 bits per heavy atom. The Balaban J connectivity index is 2.14. The minimum atomic E-state index is -1.31. The fourth-order valence-electron chi connectivity index (χ4n) is 2.17. The Bertz CT molecular complexity index is 915. The summed E-state index contributed by atoms with van der Waals surface area (Å²) < 4.78 is 45.0. The SMILES string of the molecule is N#CCCN(C(=O)COC(=O)c1cc(F)c(F)cc1Cl)c1ccccc1F. The van der Waals surface area contributed by atoms with E-state index >= 15 is 0 Å². The molecule has 0 spiro atoms. The van der Waals surface area contributed by atoms with Crippen molar-refractivity contribution in [3.8, 4) is 6.07 Å². The molecule has 1 amide bonds. The molecule has 0 aliphatic rings. The molecule has 0 aromatic heterocycles. The lowest BCUT2D eigenvalue weighted by molar-refractivity contribution is -0.121. The summed E-state index contributed by atoms with van der Waals surface area (Å²) in [6.07, 6.45) is -0.0803. The number of hydrogen-bond acceptors (Lipinski definition) is 4. The van der Waals surface area contributed by atoms with Gasteiger partial charge in [0.2, 0.25) is 0 Å². The van der Waals surface area contributed by atoms with Gasteiger partial charge in [-0.05, 0) is 24.3 Å². The summed E-state index contributed by atoms with van der Waals surface area (Å²) in [6.45, 7) is -0.937. The molecular weight excluding hydrogens is 385 g/mol. The van der Waals surface area contributed by atoms with E-state index in [9.17, 15) is 22.8 Å². The number of nitriles is 1. The largest absolute Gasteiger partial charge is 0.452 e. The van der Waals surface area contributed by atoms with Gasteiger partial charge < -0.3 is 9.64 Å². The van der Waals surface area contributed by atoms with Crippen LogP contribution >= 0.6 is 11.6 Å². The highest BCUT2D eigenvalue weighted by molar-refractivity contribution is 6.33. The molecule has 0 fully saturated rings. The van der Waals surface area contributed by atoms with Crippen LogP contribution in [0.1, 0.15) is 16.8 Å². The zero-order valence-electron chi connectivity index (χ0n) is 13.7. The molecule has 2 rings (SSSR count). The van der Waals surface area contributed by atoms with Crippen molar-refractivity contribution < 1.29 is 27.5 Å². The molecular formula is C18H12ClF3N2O3. The van der Waals surface area contributed by atoms with E-state index in [4.69, 9.17) is 21.6 Å². The molecule has 9 heteroatoms. The smallest absolute Gasteiger partial charge is 0.340 e. The summed E-state index contributed by atoms with van der Waals surface area (Å²) in [4.78, 5) is 25.3. The van der Waals surface area contributed by atoms with E-state index < -0.39 is 41.5 Å². The Labute approximate surface area is 157 Å². The summed E-state index contributed by atoms with van der Waals surface area (Å²) in [5.74, 6) is -5.20. The van der Waals surface area contributed by atoms with Crippen LogP contribution in [0.15, 0.2) is 36.4 Å². The second-order valence-electron chi connectivity index (χ2n) is 5.23. The second kappa shape index (κ2) is 9.05. The van der Waals surface area contributed by atoms with Crippen LogP contribution in [-0.4, -0.2) is 25.0 Å². The van der Waals surface area contributed by atoms with Crippen molar-refractivity contribution in [3.63, 3.8) is 0 Å². The predicted molar refractivity (Wildman–Crippen MR) is 90.6 cm³/mol. The van der Waals surface area contributed by atoms with Gasteiger partial charge in [0.05, 0.1) is 28.8 Å². The molecule has 0 aliphatic heterocycles. The van der Waals surface area contributed by atoms with Gasteiger partial charge in [0.1, 0.15) is 5.82 Å². The number of hydrogen-bond donors (Lipinski definition) is 0. The molecule has 0 saturated carbocycles. The number of halogens is 4. The summed E-state index contributed by atoms with van der Waals surface area (Å²) in [7, 11) is 0. The van der Waals surface area contributed by atoms with Gasteiger partial charge in [0.15, 0.2) is 18.2 Å². The topological polar surface area (TPSA) is 70.4 Å². The first-order valence-electron chi connectivity index (χ1n) is 7.58. The number of carbonyl (C=O) groups is 2. The first-order valence-corrected chi connectivity index (χ1v) is 7.96. The summed E-state index contributed by atoms with van der Waals surface area (Å²) in [5, 5.41) is 8.32. The van der Waals surface area contributed by atoms with E-state index in [1.165, 1.54) is 18.2 Å². The molecule has 0 saturated heterocycles. The summed E-state index contributed by atoms with van der Waals surface area (Å²) in [5.41, 5.74) is -0.544. The van der Waals surface area contributed by atoms with Gasteiger partial charge in [-0.15, -0.1) is 0 Å². The van der Waals surface area contributed by atoms with E-state index in [1.54, 1.807) is 0 Å². The van der Waals surface area contributed by atoms with Crippen LogP contribution in [0.3, 0.4) is 0 Å². The number of amides is 1. The van der Waals surface area contributed by atoms with E-state index in [-0.39, 0.29) is 23.7 Å². The quantitative estimate of drug-likeness (QED) is 0.549. The van der Waals surface area contributed by atoms with Crippen LogP contribution in [-0.2, 0) is 9.53 Å². The molecule has 2 aromatic rings. The molecule has 5 nitrogen and oxygen atoms in total. The molecule has 2 aromatic carbocycles. The molecule has 140 valence electrons. The number of para-hydroxylation sites is 1. The van der Waals surface area contributed by atoms with Crippen molar-refractivity contribution in [2.24, 2.45) is 0 Å². The molecule has 0 bridgehead atoms. The first-order chi connectivity index (χ1) is 12.8. The van der Waals surface area contributed by atoms with E-state index in [2.05, 4.69) is 0 Å². The van der Waals surface area contributed by atoms with E-state index in [1.807, 2.05) is 6.07 Å². The highest BCUT2D eigenvalue weighted by Gasteiger charge is 2.22. The maximum atomic E-state index is 13.9. The number of nitrogens with zero attached hydrogens (tertiary/aromatic N) is 2. The van der Waals surface area contributed by atoms with Gasteiger partial charge >= 0.3 is 5.97 Å². The van der Waals surface area contributed by atoms with Crippen molar-refractivity contribution in [1.82, 2.24) is 0 Å². The highest BCUT2D eigenvalue weighted by atomic mass is 35.5. The van der Waals surface area contributed by atoms with Gasteiger partial charge in [-0.1, -0.05) is 23.7 Å². The predicted octanol–water partition coefficient (Wildman–Crippen LogP) is 3.86. The number of carbonyl (C=O) groups excluding carboxylic acids is 2. The van der Waals surface area contributed by atoms with Crippen molar-refractivity contribution in [2.45, 2.75) is 6.42 Å². The zero-order chi connectivity index (χ0) is 20.0. The monoisotopic (exact) mass is 396 g/mol. The van der Waals surface area contributed by atoms with Crippen LogP contribution < -0.4 is 4.90 Å². The van der Waals surface area contributed by atoms with Gasteiger partial charge in [0.25, 0.3) is 5.91 Å². The van der Waals surface area contributed by atoms with Gasteiger partial charge in [-0.2, -0.15) is 5.26 Å². The van der Waals surface area contributed by atoms with Crippen molar-refractivity contribution in [2.75, 3.05) is 18.1 Å². The lowest BCUT2D eigenvalue weighted by Crippen LogP contribution is -2.36. The molecule has 0 heterocycles. The minimum absolute atomic E-state index is 0.0803. The van der Waals surface area contributed by atoms with Crippen LogP contribution in [0.4, 0.5) is 18.9 Å². The Hall–Kier alpha value is -3.05. The molecule has 0 atom stereocenters. The van der Waals surface area contributed by atoms with Gasteiger partial charge in [-0.3, -0.25) is 4.79 Å².